The minimum absolute atomic E-state index is 0. The molecule has 2 aromatic rings. The number of hydrogen-bond donors (Lipinski definition) is 1. The predicted octanol–water partition coefficient (Wildman–Crippen LogP) is 2.80. The molecule has 17 heavy (non-hydrogen) atoms. The van der Waals surface area contributed by atoms with Crippen LogP contribution in [0.25, 0.3) is 0 Å². The molecule has 0 saturated heterocycles. The van der Waals surface area contributed by atoms with Crippen molar-refractivity contribution in [3.63, 3.8) is 0 Å². The van der Waals surface area contributed by atoms with E-state index in [0.717, 1.165) is 16.8 Å². The molecule has 0 unspecified atom stereocenters. The molecule has 2 nitrogen and oxygen atoms in total. The van der Waals surface area contributed by atoms with Crippen molar-refractivity contribution in [1.82, 2.24) is 0 Å². The summed E-state index contributed by atoms with van der Waals surface area (Å²) in [5, 5.41) is 9.57. The fraction of sp³-hybridized carbons (Fsp3) is 0.0714. The first-order valence-electron chi connectivity index (χ1n) is 5.15. The Morgan fingerprint density at radius 1 is 1.00 bits per heavy atom. The summed E-state index contributed by atoms with van der Waals surface area (Å²) in [6.45, 7) is 2.01. The Kier molecular flexibility index (Phi) is 5.02. The minimum atomic E-state index is 0. The molecule has 0 aromatic heterocycles. The van der Waals surface area contributed by atoms with Gasteiger partial charge in [-0.3, -0.25) is 4.99 Å². The molecule has 0 aliphatic rings. The van der Waals surface area contributed by atoms with Crippen molar-refractivity contribution in [3.05, 3.63) is 59.7 Å². The number of phenols is 1. The Morgan fingerprint density at radius 2 is 1.65 bits per heavy atom. The van der Waals surface area contributed by atoms with Crippen molar-refractivity contribution < 1.29 is 5.11 Å². The van der Waals surface area contributed by atoms with Crippen LogP contribution in [0.4, 0.5) is 5.69 Å². The first kappa shape index (κ1) is 13.6. The van der Waals surface area contributed by atoms with Gasteiger partial charge in [-0.05, 0) is 30.7 Å². The molecular weight excluding hydrogens is 205 g/mol. The van der Waals surface area contributed by atoms with Gasteiger partial charge in [0, 0.05) is 11.8 Å². The second-order valence-corrected chi connectivity index (χ2v) is 3.60. The third-order valence-electron chi connectivity index (χ3n) is 2.39. The number of phenolic OH excluding ortho intramolecular Hbond substituents is 1. The maximum absolute atomic E-state index is 9.57. The number of nitrogens with zero attached hydrogens (tertiary/aromatic N) is 1. The van der Waals surface area contributed by atoms with Crippen LogP contribution in [0.3, 0.4) is 0 Å². The monoisotopic (exact) mass is 219 g/mol. The molecule has 3 heteroatoms. The molecule has 0 saturated carbocycles. The summed E-state index contributed by atoms with van der Waals surface area (Å²) < 4.78 is 0. The van der Waals surface area contributed by atoms with E-state index in [-0.39, 0.29) is 24.6 Å². The molecule has 0 fully saturated rings. The average molecular weight is 219 g/mol. The second-order valence-electron chi connectivity index (χ2n) is 3.60. The van der Waals surface area contributed by atoms with Crippen LogP contribution in [0.5, 0.6) is 5.75 Å². The third-order valence-corrected chi connectivity index (χ3v) is 2.39. The normalized spacial score (nSPS) is 10.2. The summed E-state index contributed by atoms with van der Waals surface area (Å²) in [4.78, 5) is 4.35. The van der Waals surface area contributed by atoms with E-state index in [2.05, 4.69) is 4.99 Å². The van der Waals surface area contributed by atoms with Crippen LogP contribution < -0.4 is 0 Å². The zero-order chi connectivity index (χ0) is 11.4. The van der Waals surface area contributed by atoms with Gasteiger partial charge in [-0.25, -0.2) is 0 Å². The second kappa shape index (κ2) is 6.29. The van der Waals surface area contributed by atoms with E-state index in [1.165, 1.54) is 0 Å². The zero-order valence-electron chi connectivity index (χ0n) is 9.09. The summed E-state index contributed by atoms with van der Waals surface area (Å²) >= 11 is 0. The molecular formula is C14H14LiNO. The van der Waals surface area contributed by atoms with Gasteiger partial charge in [0.05, 0.1) is 5.69 Å². The van der Waals surface area contributed by atoms with Gasteiger partial charge in [0.25, 0.3) is 0 Å². The molecule has 2 aromatic carbocycles. The van der Waals surface area contributed by atoms with Gasteiger partial charge in [0.1, 0.15) is 5.75 Å². The summed E-state index contributed by atoms with van der Waals surface area (Å²) in [6.07, 6.45) is 1.68. The van der Waals surface area contributed by atoms with Crippen LogP contribution in [-0.4, -0.2) is 30.2 Å². The average Bonchev–Trinajstić information content (AvgIpc) is 2.30. The van der Waals surface area contributed by atoms with Gasteiger partial charge in [0.2, 0.25) is 0 Å². The number of rotatable bonds is 2. The molecule has 0 aliphatic carbocycles. The molecule has 1 N–H and O–H groups in total. The van der Waals surface area contributed by atoms with E-state index >= 15 is 0 Å². The fourth-order valence-corrected chi connectivity index (χ4v) is 1.44. The molecule has 0 aliphatic heterocycles. The summed E-state index contributed by atoms with van der Waals surface area (Å²) in [6, 6.07) is 15.0. The van der Waals surface area contributed by atoms with Crippen molar-refractivity contribution >= 4 is 30.8 Å². The molecule has 2 rings (SSSR count). The van der Waals surface area contributed by atoms with Gasteiger partial charge in [-0.2, -0.15) is 0 Å². The number of benzene rings is 2. The predicted molar refractivity (Wildman–Crippen MR) is 73.7 cm³/mol. The van der Waals surface area contributed by atoms with Crippen LogP contribution in [0.15, 0.2) is 53.5 Å². The Balaban J connectivity index is 0.00000144. The first-order valence-corrected chi connectivity index (χ1v) is 5.15. The first-order chi connectivity index (χ1) is 7.77. The van der Waals surface area contributed by atoms with E-state index in [1.807, 2.05) is 43.3 Å². The van der Waals surface area contributed by atoms with Crippen molar-refractivity contribution in [1.29, 1.82) is 0 Å². The quantitative estimate of drug-likeness (QED) is 0.611. The van der Waals surface area contributed by atoms with Gasteiger partial charge >= 0.3 is 18.9 Å². The van der Waals surface area contributed by atoms with Crippen LogP contribution in [0, 0.1) is 6.92 Å². The van der Waals surface area contributed by atoms with E-state index in [9.17, 15) is 5.11 Å². The Bertz CT molecular complexity index is 476. The number of hydrogen-bond acceptors (Lipinski definition) is 2. The van der Waals surface area contributed by atoms with Crippen molar-refractivity contribution in [2.45, 2.75) is 6.92 Å². The van der Waals surface area contributed by atoms with Crippen LogP contribution >= 0.6 is 0 Å². The van der Waals surface area contributed by atoms with Crippen LogP contribution in [0.1, 0.15) is 11.1 Å². The van der Waals surface area contributed by atoms with E-state index in [4.69, 9.17) is 0 Å². The van der Waals surface area contributed by atoms with Gasteiger partial charge in [-0.15, -0.1) is 0 Å². The Morgan fingerprint density at radius 3 is 2.35 bits per heavy atom. The van der Waals surface area contributed by atoms with Crippen LogP contribution in [0.2, 0.25) is 0 Å². The van der Waals surface area contributed by atoms with E-state index < -0.39 is 0 Å². The molecule has 0 bridgehead atoms. The number of aliphatic imine (C=N–C) groups is 1. The van der Waals surface area contributed by atoms with Crippen LogP contribution in [-0.2, 0) is 0 Å². The summed E-state index contributed by atoms with van der Waals surface area (Å²) in [5.74, 6) is 0.250. The molecule has 0 spiro atoms. The zero-order valence-corrected chi connectivity index (χ0v) is 9.09. The number of aryl methyl sites for hydroxylation is 1. The fourth-order valence-electron chi connectivity index (χ4n) is 1.44. The Hall–Kier alpha value is -1.49. The molecule has 0 atom stereocenters. The van der Waals surface area contributed by atoms with Crippen molar-refractivity contribution in [3.8, 4) is 5.75 Å². The molecule has 0 heterocycles. The number of aromatic hydroxyl groups is 1. The molecule has 0 radical (unpaired) electrons. The van der Waals surface area contributed by atoms with Gasteiger partial charge in [-0.1, -0.05) is 30.3 Å². The maximum atomic E-state index is 9.57. The van der Waals surface area contributed by atoms with Crippen molar-refractivity contribution in [2.24, 2.45) is 4.99 Å². The van der Waals surface area contributed by atoms with Gasteiger partial charge < -0.3 is 5.11 Å². The van der Waals surface area contributed by atoms with E-state index in [1.54, 1.807) is 18.3 Å². The topological polar surface area (TPSA) is 32.6 Å². The molecule has 0 amide bonds. The Labute approximate surface area is 113 Å². The molecule has 82 valence electrons. The van der Waals surface area contributed by atoms with Crippen molar-refractivity contribution in [2.75, 3.05) is 0 Å². The van der Waals surface area contributed by atoms with E-state index in [0.29, 0.717) is 0 Å². The summed E-state index contributed by atoms with van der Waals surface area (Å²) in [5.41, 5.74) is 2.77. The van der Waals surface area contributed by atoms with Gasteiger partial charge in [0.15, 0.2) is 0 Å². The number of para-hydroxylation sites is 2. The summed E-state index contributed by atoms with van der Waals surface area (Å²) in [7, 11) is 0. The third kappa shape index (κ3) is 3.49. The standard InChI is InChI=1S/C14H13NO.Li.H/c1-11-6-2-4-8-13(11)15-10-12-7-3-5-9-14(12)16;;/h2-10,16H,1H3;;/b15-10+;;. The SMILES string of the molecule is Cc1ccccc1/N=C/c1ccccc1O.[LiH].